The molecular weight excluding hydrogens is 273 g/mol. The lowest BCUT2D eigenvalue weighted by Gasteiger charge is -2.09. The van der Waals surface area contributed by atoms with Crippen molar-refractivity contribution in [2.75, 3.05) is 20.6 Å². The van der Waals surface area contributed by atoms with Crippen molar-refractivity contribution in [2.24, 2.45) is 0 Å². The van der Waals surface area contributed by atoms with Crippen LogP contribution in [0.5, 0.6) is 0 Å². The zero-order valence-electron chi connectivity index (χ0n) is 9.46. The molecule has 0 unspecified atom stereocenters. The predicted molar refractivity (Wildman–Crippen MR) is 66.0 cm³/mol. The molecule has 1 aromatic carbocycles. The Morgan fingerprint density at radius 2 is 2.12 bits per heavy atom. The molecule has 0 amide bonds. The summed E-state index contributed by atoms with van der Waals surface area (Å²) >= 11 is 3.25. The van der Waals surface area contributed by atoms with E-state index in [1.807, 2.05) is 19.0 Å². The van der Waals surface area contributed by atoms with Crippen molar-refractivity contribution in [1.82, 2.24) is 4.90 Å². The zero-order chi connectivity index (χ0) is 12.1. The van der Waals surface area contributed by atoms with E-state index in [1.54, 1.807) is 6.07 Å². The van der Waals surface area contributed by atoms with Gasteiger partial charge in [0.1, 0.15) is 11.6 Å². The normalized spacial score (nSPS) is 10.8. The molecule has 0 spiro atoms. The van der Waals surface area contributed by atoms with Gasteiger partial charge in [0.15, 0.2) is 0 Å². The molecule has 0 aliphatic carbocycles. The summed E-state index contributed by atoms with van der Waals surface area (Å²) in [7, 11) is 3.86. The number of halogens is 2. The molecule has 0 aromatic heterocycles. The second-order valence-electron chi connectivity index (χ2n) is 4.00. The lowest BCUT2D eigenvalue weighted by molar-refractivity contribution is -0.118. The Balaban J connectivity index is 2.56. The molecule has 0 saturated carbocycles. The molecule has 1 aromatic rings. The van der Waals surface area contributed by atoms with Crippen LogP contribution in [0, 0.1) is 5.82 Å². The van der Waals surface area contributed by atoms with E-state index in [4.69, 9.17) is 0 Å². The van der Waals surface area contributed by atoms with Crippen molar-refractivity contribution in [1.29, 1.82) is 0 Å². The quantitative estimate of drug-likeness (QED) is 0.830. The maximum Gasteiger partial charge on any atom is 0.138 e. The summed E-state index contributed by atoms with van der Waals surface area (Å²) in [6.07, 6.45) is 0.880. The second-order valence-corrected chi connectivity index (χ2v) is 4.86. The third-order valence-electron chi connectivity index (χ3n) is 2.24. The molecule has 0 fully saturated rings. The highest BCUT2D eigenvalue weighted by molar-refractivity contribution is 9.10. The first-order valence-corrected chi connectivity index (χ1v) is 5.88. The number of hydrogen-bond acceptors (Lipinski definition) is 2. The van der Waals surface area contributed by atoms with Crippen LogP contribution in [-0.4, -0.2) is 31.3 Å². The third kappa shape index (κ3) is 4.41. The third-order valence-corrected chi connectivity index (χ3v) is 2.98. The molecule has 0 aliphatic rings. The van der Waals surface area contributed by atoms with Gasteiger partial charge in [-0.25, -0.2) is 4.39 Å². The van der Waals surface area contributed by atoms with Crippen molar-refractivity contribution in [2.45, 2.75) is 12.8 Å². The standard InChI is InChI=1S/C12H15BrFNO/c1-15(2)6-5-11(16)7-9-3-4-10(14)8-12(9)13/h3-4,8H,5-7H2,1-2H3. The van der Waals surface area contributed by atoms with Gasteiger partial charge in [-0.2, -0.15) is 0 Å². The maximum absolute atomic E-state index is 12.8. The molecule has 0 N–H and O–H groups in total. The van der Waals surface area contributed by atoms with Crippen molar-refractivity contribution >= 4 is 21.7 Å². The monoisotopic (exact) mass is 287 g/mol. The van der Waals surface area contributed by atoms with Crippen LogP contribution in [0.25, 0.3) is 0 Å². The van der Waals surface area contributed by atoms with Crippen LogP contribution in [-0.2, 0) is 11.2 Å². The minimum Gasteiger partial charge on any atom is -0.309 e. The Morgan fingerprint density at radius 3 is 2.69 bits per heavy atom. The van der Waals surface area contributed by atoms with E-state index in [0.29, 0.717) is 17.3 Å². The number of rotatable bonds is 5. The van der Waals surface area contributed by atoms with Crippen LogP contribution in [0.4, 0.5) is 4.39 Å². The Labute approximate surface area is 104 Å². The van der Waals surface area contributed by atoms with Crippen LogP contribution < -0.4 is 0 Å². The van der Waals surface area contributed by atoms with Crippen LogP contribution in [0.1, 0.15) is 12.0 Å². The van der Waals surface area contributed by atoms with E-state index in [1.165, 1.54) is 12.1 Å². The first kappa shape index (κ1) is 13.3. The molecule has 4 heteroatoms. The summed E-state index contributed by atoms with van der Waals surface area (Å²) < 4.78 is 13.5. The highest BCUT2D eigenvalue weighted by Crippen LogP contribution is 2.19. The summed E-state index contributed by atoms with van der Waals surface area (Å²) in [4.78, 5) is 13.6. The SMILES string of the molecule is CN(C)CCC(=O)Cc1ccc(F)cc1Br. The number of benzene rings is 1. The highest BCUT2D eigenvalue weighted by Gasteiger charge is 2.08. The smallest absolute Gasteiger partial charge is 0.138 e. The Bertz CT molecular complexity index is 379. The number of nitrogens with zero attached hydrogens (tertiary/aromatic N) is 1. The second kappa shape index (κ2) is 6.11. The molecule has 0 saturated heterocycles. The summed E-state index contributed by atoms with van der Waals surface area (Å²) in [6, 6.07) is 4.40. The van der Waals surface area contributed by atoms with Gasteiger partial charge >= 0.3 is 0 Å². The van der Waals surface area contributed by atoms with Crippen LogP contribution in [0.15, 0.2) is 22.7 Å². The molecule has 0 radical (unpaired) electrons. The topological polar surface area (TPSA) is 20.3 Å². The average Bonchev–Trinajstić information content (AvgIpc) is 2.19. The lowest BCUT2D eigenvalue weighted by Crippen LogP contribution is -2.17. The Morgan fingerprint density at radius 1 is 1.44 bits per heavy atom. The number of ketones is 1. The van der Waals surface area contributed by atoms with E-state index in [2.05, 4.69) is 15.9 Å². The minimum absolute atomic E-state index is 0.168. The number of Topliss-reactive ketones (excluding diaryl/α,β-unsaturated/α-hetero) is 1. The van der Waals surface area contributed by atoms with Crippen LogP contribution in [0.3, 0.4) is 0 Å². The van der Waals surface area contributed by atoms with Gasteiger partial charge < -0.3 is 4.90 Å². The van der Waals surface area contributed by atoms with Gasteiger partial charge in [-0.3, -0.25) is 4.79 Å². The zero-order valence-corrected chi connectivity index (χ0v) is 11.1. The van der Waals surface area contributed by atoms with E-state index < -0.39 is 0 Å². The Kier molecular flexibility index (Phi) is 5.09. The van der Waals surface area contributed by atoms with Crippen LogP contribution in [0.2, 0.25) is 0 Å². The largest absolute Gasteiger partial charge is 0.309 e. The maximum atomic E-state index is 12.8. The van der Waals surface area contributed by atoms with Gasteiger partial charge in [-0.1, -0.05) is 22.0 Å². The van der Waals surface area contributed by atoms with E-state index in [9.17, 15) is 9.18 Å². The fourth-order valence-electron chi connectivity index (χ4n) is 1.31. The molecular formula is C12H15BrFNO. The summed E-state index contributed by atoms with van der Waals surface area (Å²) in [5, 5.41) is 0. The van der Waals surface area contributed by atoms with Crippen molar-refractivity contribution in [3.05, 3.63) is 34.1 Å². The molecule has 16 heavy (non-hydrogen) atoms. The van der Waals surface area contributed by atoms with Crippen molar-refractivity contribution < 1.29 is 9.18 Å². The fraction of sp³-hybridized carbons (Fsp3) is 0.417. The molecule has 1 rings (SSSR count). The average molecular weight is 288 g/mol. The molecule has 2 nitrogen and oxygen atoms in total. The first-order valence-electron chi connectivity index (χ1n) is 5.09. The van der Waals surface area contributed by atoms with Crippen LogP contribution >= 0.6 is 15.9 Å². The fourth-order valence-corrected chi connectivity index (χ4v) is 1.81. The number of carbonyl (C=O) groups excluding carboxylic acids is 1. The predicted octanol–water partition coefficient (Wildman–Crippen LogP) is 2.65. The van der Waals surface area contributed by atoms with Gasteiger partial charge in [0.05, 0.1) is 0 Å². The number of hydrogen-bond donors (Lipinski definition) is 0. The minimum atomic E-state index is -0.295. The summed E-state index contributed by atoms with van der Waals surface area (Å²) in [6.45, 7) is 0.748. The van der Waals surface area contributed by atoms with Gasteiger partial charge in [0.2, 0.25) is 0 Å². The molecule has 0 atom stereocenters. The van der Waals surface area contributed by atoms with Crippen molar-refractivity contribution in [3.8, 4) is 0 Å². The molecule has 0 aliphatic heterocycles. The highest BCUT2D eigenvalue weighted by atomic mass is 79.9. The molecule has 0 heterocycles. The molecule has 88 valence electrons. The van der Waals surface area contributed by atoms with Gasteiger partial charge in [-0.05, 0) is 31.8 Å². The van der Waals surface area contributed by atoms with Gasteiger partial charge in [-0.15, -0.1) is 0 Å². The van der Waals surface area contributed by atoms with E-state index >= 15 is 0 Å². The molecule has 0 bridgehead atoms. The summed E-state index contributed by atoms with van der Waals surface area (Å²) in [5.41, 5.74) is 0.838. The van der Waals surface area contributed by atoms with Gasteiger partial charge in [0.25, 0.3) is 0 Å². The first-order chi connectivity index (χ1) is 7.49. The van der Waals surface area contributed by atoms with Crippen molar-refractivity contribution in [3.63, 3.8) is 0 Å². The van der Waals surface area contributed by atoms with E-state index in [-0.39, 0.29) is 11.6 Å². The number of carbonyl (C=O) groups is 1. The van der Waals surface area contributed by atoms with E-state index in [0.717, 1.165) is 12.1 Å². The summed E-state index contributed by atoms with van der Waals surface area (Å²) in [5.74, 6) is -0.127. The lowest BCUT2D eigenvalue weighted by atomic mass is 10.1. The van der Waals surface area contributed by atoms with Gasteiger partial charge in [0, 0.05) is 23.9 Å². The Hall–Kier alpha value is -0.740.